The number of aromatic nitrogens is 1. The molecule has 0 aromatic carbocycles. The summed E-state index contributed by atoms with van der Waals surface area (Å²) in [6.07, 6.45) is 8.95. The lowest BCUT2D eigenvalue weighted by Gasteiger charge is -2.04. The number of allylic oxidation sites excluding steroid dienone is 2. The molecular formula is C13H14ClNO. The molecule has 0 atom stereocenters. The minimum Gasteiger partial charge on any atom is -0.287 e. The lowest BCUT2D eigenvalue weighted by Crippen LogP contribution is -2.06. The van der Waals surface area contributed by atoms with Crippen molar-refractivity contribution in [1.29, 1.82) is 0 Å². The normalized spacial score (nSPS) is 16.4. The van der Waals surface area contributed by atoms with Gasteiger partial charge in [0, 0.05) is 6.20 Å². The molecule has 0 radical (unpaired) electrons. The molecular weight excluding hydrogens is 222 g/mol. The van der Waals surface area contributed by atoms with Crippen molar-refractivity contribution in [3.63, 3.8) is 0 Å². The Morgan fingerprint density at radius 3 is 3.00 bits per heavy atom. The monoisotopic (exact) mass is 235 g/mol. The van der Waals surface area contributed by atoms with Crippen LogP contribution in [0.15, 0.2) is 30.0 Å². The van der Waals surface area contributed by atoms with Gasteiger partial charge in [-0.2, -0.15) is 0 Å². The molecule has 2 nitrogen and oxygen atoms in total. The zero-order valence-corrected chi connectivity index (χ0v) is 9.83. The quantitative estimate of drug-likeness (QED) is 0.730. The van der Waals surface area contributed by atoms with Crippen LogP contribution in [0, 0.1) is 0 Å². The number of carbonyl (C=O) groups is 1. The predicted octanol–water partition coefficient (Wildman–Crippen LogP) is 3.81. The zero-order valence-electron chi connectivity index (χ0n) is 9.08. The Bertz CT molecular complexity index is 426. The van der Waals surface area contributed by atoms with Crippen molar-refractivity contribution in [2.75, 3.05) is 0 Å². The van der Waals surface area contributed by atoms with Crippen molar-refractivity contribution in [3.8, 4) is 0 Å². The highest BCUT2D eigenvalue weighted by atomic mass is 35.5. The Hall–Kier alpha value is -1.15. The van der Waals surface area contributed by atoms with Crippen molar-refractivity contribution < 1.29 is 4.79 Å². The molecule has 1 aliphatic carbocycles. The maximum absolute atomic E-state index is 12.2. The van der Waals surface area contributed by atoms with Crippen molar-refractivity contribution in [2.45, 2.75) is 32.1 Å². The smallest absolute Gasteiger partial charge is 0.208 e. The summed E-state index contributed by atoms with van der Waals surface area (Å²) in [6.45, 7) is 0. The standard InChI is InChI=1S/C13H14ClNO/c14-11-8-5-9-15-12(11)13(16)10-6-3-1-2-4-7-10/h5-6,8-9H,1-4,7H2. The molecule has 3 heteroatoms. The molecule has 0 N–H and O–H groups in total. The van der Waals surface area contributed by atoms with Gasteiger partial charge in [-0.15, -0.1) is 0 Å². The SMILES string of the molecule is O=C(C1=CCCCCC1)c1ncccc1Cl. The van der Waals surface area contributed by atoms with Crippen LogP contribution < -0.4 is 0 Å². The fraction of sp³-hybridized carbons (Fsp3) is 0.385. The molecule has 1 aromatic rings. The van der Waals surface area contributed by atoms with Gasteiger partial charge < -0.3 is 0 Å². The van der Waals surface area contributed by atoms with E-state index in [9.17, 15) is 4.79 Å². The van der Waals surface area contributed by atoms with E-state index in [0.717, 1.165) is 24.8 Å². The van der Waals surface area contributed by atoms with E-state index in [1.54, 1.807) is 18.3 Å². The number of nitrogens with zero attached hydrogens (tertiary/aromatic N) is 1. The first kappa shape index (κ1) is 11.3. The molecule has 0 saturated heterocycles. The Balaban J connectivity index is 2.24. The Morgan fingerprint density at radius 2 is 2.19 bits per heavy atom. The molecule has 0 fully saturated rings. The molecule has 1 heterocycles. The highest BCUT2D eigenvalue weighted by Gasteiger charge is 2.17. The summed E-state index contributed by atoms with van der Waals surface area (Å²) in [6, 6.07) is 3.44. The van der Waals surface area contributed by atoms with Gasteiger partial charge in [0.1, 0.15) is 5.69 Å². The highest BCUT2D eigenvalue weighted by molar-refractivity contribution is 6.34. The minimum atomic E-state index is -0.00694. The third kappa shape index (κ3) is 2.50. The fourth-order valence-electron chi connectivity index (χ4n) is 1.93. The van der Waals surface area contributed by atoms with E-state index < -0.39 is 0 Å². The van der Waals surface area contributed by atoms with Crippen LogP contribution in [0.5, 0.6) is 0 Å². The van der Waals surface area contributed by atoms with Crippen LogP contribution in [0.25, 0.3) is 0 Å². The van der Waals surface area contributed by atoms with Crippen molar-refractivity contribution in [2.24, 2.45) is 0 Å². The fourth-order valence-corrected chi connectivity index (χ4v) is 2.13. The van der Waals surface area contributed by atoms with E-state index in [4.69, 9.17) is 11.6 Å². The number of Topliss-reactive ketones (excluding diaryl/α,β-unsaturated/α-hetero) is 1. The minimum absolute atomic E-state index is 0.00694. The van der Waals surface area contributed by atoms with Gasteiger partial charge in [0.05, 0.1) is 5.02 Å². The molecule has 0 amide bonds. The number of ketones is 1. The average molecular weight is 236 g/mol. The van der Waals surface area contributed by atoms with Gasteiger partial charge in [-0.1, -0.05) is 24.1 Å². The van der Waals surface area contributed by atoms with Crippen LogP contribution in [0.4, 0.5) is 0 Å². The summed E-state index contributed by atoms with van der Waals surface area (Å²) in [4.78, 5) is 16.2. The second-order valence-corrected chi connectivity index (χ2v) is 4.40. The van der Waals surface area contributed by atoms with Crippen molar-refractivity contribution in [3.05, 3.63) is 40.7 Å². The number of hydrogen-bond acceptors (Lipinski definition) is 2. The Labute approximate surface area is 100 Å². The highest BCUT2D eigenvalue weighted by Crippen LogP contribution is 2.23. The summed E-state index contributed by atoms with van der Waals surface area (Å²) in [5.41, 5.74) is 1.26. The number of rotatable bonds is 2. The van der Waals surface area contributed by atoms with Crippen LogP contribution in [0.1, 0.15) is 42.6 Å². The second kappa shape index (κ2) is 5.26. The molecule has 0 bridgehead atoms. The summed E-state index contributed by atoms with van der Waals surface area (Å²) in [7, 11) is 0. The van der Waals surface area contributed by atoms with Gasteiger partial charge in [0.2, 0.25) is 5.78 Å². The van der Waals surface area contributed by atoms with E-state index in [1.807, 2.05) is 6.08 Å². The maximum Gasteiger partial charge on any atom is 0.208 e. The van der Waals surface area contributed by atoms with Crippen molar-refractivity contribution >= 4 is 17.4 Å². The van der Waals surface area contributed by atoms with Crippen LogP contribution in [0.3, 0.4) is 0 Å². The van der Waals surface area contributed by atoms with Crippen LogP contribution >= 0.6 is 11.6 Å². The maximum atomic E-state index is 12.2. The second-order valence-electron chi connectivity index (χ2n) is 3.99. The first-order valence-corrected chi connectivity index (χ1v) is 6.01. The van der Waals surface area contributed by atoms with E-state index in [-0.39, 0.29) is 5.78 Å². The molecule has 0 spiro atoms. The molecule has 0 unspecified atom stereocenters. The third-order valence-corrected chi connectivity index (χ3v) is 3.11. The van der Waals surface area contributed by atoms with Gasteiger partial charge in [-0.05, 0) is 43.4 Å². The molecule has 0 aliphatic heterocycles. The first-order chi connectivity index (χ1) is 7.79. The topological polar surface area (TPSA) is 30.0 Å². The molecule has 0 saturated carbocycles. The van der Waals surface area contributed by atoms with Gasteiger partial charge in [0.25, 0.3) is 0 Å². The van der Waals surface area contributed by atoms with E-state index in [0.29, 0.717) is 10.7 Å². The number of halogens is 1. The summed E-state index contributed by atoms with van der Waals surface area (Å²) in [5, 5.41) is 0.442. The number of pyridine rings is 1. The summed E-state index contributed by atoms with van der Waals surface area (Å²) in [5.74, 6) is -0.00694. The largest absolute Gasteiger partial charge is 0.287 e. The zero-order chi connectivity index (χ0) is 11.4. The predicted molar refractivity (Wildman–Crippen MR) is 64.7 cm³/mol. The third-order valence-electron chi connectivity index (χ3n) is 2.81. The summed E-state index contributed by atoms with van der Waals surface area (Å²) >= 11 is 5.97. The lowest BCUT2D eigenvalue weighted by molar-refractivity contribution is 0.102. The van der Waals surface area contributed by atoms with Crippen molar-refractivity contribution in [1.82, 2.24) is 4.98 Å². The Morgan fingerprint density at radius 1 is 1.31 bits per heavy atom. The van der Waals surface area contributed by atoms with Gasteiger partial charge in [-0.3, -0.25) is 9.78 Å². The molecule has 84 valence electrons. The van der Waals surface area contributed by atoms with Crippen LogP contribution in [-0.2, 0) is 0 Å². The first-order valence-electron chi connectivity index (χ1n) is 5.63. The summed E-state index contributed by atoms with van der Waals surface area (Å²) < 4.78 is 0. The van der Waals surface area contributed by atoms with Crippen LogP contribution in [0.2, 0.25) is 5.02 Å². The van der Waals surface area contributed by atoms with E-state index in [1.165, 1.54) is 12.8 Å². The molecule has 16 heavy (non-hydrogen) atoms. The number of carbonyl (C=O) groups excluding carboxylic acids is 1. The van der Waals surface area contributed by atoms with E-state index in [2.05, 4.69) is 4.98 Å². The van der Waals surface area contributed by atoms with Gasteiger partial charge in [0.15, 0.2) is 0 Å². The molecule has 1 aliphatic rings. The number of hydrogen-bond donors (Lipinski definition) is 0. The van der Waals surface area contributed by atoms with Gasteiger partial charge in [-0.25, -0.2) is 0 Å². The Kier molecular flexibility index (Phi) is 3.73. The molecule has 1 aromatic heterocycles. The average Bonchev–Trinajstić information content (AvgIpc) is 2.57. The lowest BCUT2D eigenvalue weighted by atomic mass is 10.0. The van der Waals surface area contributed by atoms with Crippen LogP contribution in [-0.4, -0.2) is 10.8 Å². The van der Waals surface area contributed by atoms with Gasteiger partial charge >= 0.3 is 0 Å². The molecule has 2 rings (SSSR count). The van der Waals surface area contributed by atoms with E-state index >= 15 is 0 Å².